The zero-order chi connectivity index (χ0) is 15.8. The summed E-state index contributed by atoms with van der Waals surface area (Å²) in [5, 5.41) is 4.58. The van der Waals surface area contributed by atoms with Crippen molar-refractivity contribution in [2.75, 3.05) is 24.3 Å². The van der Waals surface area contributed by atoms with E-state index in [1.54, 1.807) is 18.6 Å². The molecule has 0 unspecified atom stereocenters. The minimum absolute atomic E-state index is 0.156. The molecule has 4 N–H and O–H groups in total. The van der Waals surface area contributed by atoms with Crippen molar-refractivity contribution in [1.29, 1.82) is 0 Å². The Balaban J connectivity index is 1.88. The summed E-state index contributed by atoms with van der Waals surface area (Å²) >= 11 is 0. The predicted molar refractivity (Wildman–Crippen MR) is 86.0 cm³/mol. The number of H-pyrrole nitrogens is 1. The van der Waals surface area contributed by atoms with Gasteiger partial charge in [0.15, 0.2) is 0 Å². The molecule has 0 saturated carbocycles. The van der Waals surface area contributed by atoms with Gasteiger partial charge in [-0.1, -0.05) is 0 Å². The normalized spacial score (nSPS) is 14.6. The number of nitrogens with one attached hydrogen (secondary N) is 2. The van der Waals surface area contributed by atoms with Gasteiger partial charge in [0, 0.05) is 24.2 Å². The summed E-state index contributed by atoms with van der Waals surface area (Å²) in [7, 11) is 0. The third kappa shape index (κ3) is 2.49. The number of nitrogens with zero attached hydrogens (tertiary/aromatic N) is 3. The minimum Gasteiger partial charge on any atom is -0.377 e. The van der Waals surface area contributed by atoms with E-state index in [2.05, 4.69) is 25.3 Å². The van der Waals surface area contributed by atoms with Gasteiger partial charge in [0.1, 0.15) is 5.82 Å². The second-order valence-corrected chi connectivity index (χ2v) is 5.34. The molecule has 0 atom stereocenters. The van der Waals surface area contributed by atoms with Crippen LogP contribution in [0.4, 0.5) is 11.8 Å². The van der Waals surface area contributed by atoms with Crippen molar-refractivity contribution in [2.45, 2.75) is 6.04 Å². The van der Waals surface area contributed by atoms with Crippen LogP contribution < -0.4 is 16.6 Å². The Kier molecular flexibility index (Phi) is 3.16. The number of fused-ring (bicyclic) bond motifs is 1. The summed E-state index contributed by atoms with van der Waals surface area (Å²) in [6, 6.07) is 3.83. The van der Waals surface area contributed by atoms with Crippen molar-refractivity contribution in [3.05, 3.63) is 41.1 Å². The van der Waals surface area contributed by atoms with Gasteiger partial charge in [-0.3, -0.25) is 4.79 Å². The summed E-state index contributed by atoms with van der Waals surface area (Å²) in [4.78, 5) is 27.4. The van der Waals surface area contributed by atoms with E-state index in [0.717, 1.165) is 10.9 Å². The summed E-state index contributed by atoms with van der Waals surface area (Å²) in [6.45, 7) is 1.20. The van der Waals surface area contributed by atoms with E-state index in [1.807, 2.05) is 12.1 Å². The topological polar surface area (TPSA) is 119 Å². The molecular weight excluding hydrogens is 296 g/mol. The number of ether oxygens (including phenoxy) is 1. The Hall–Kier alpha value is -3.00. The molecule has 8 heteroatoms. The van der Waals surface area contributed by atoms with E-state index < -0.39 is 0 Å². The molecule has 0 aromatic carbocycles. The van der Waals surface area contributed by atoms with Gasteiger partial charge < -0.3 is 20.8 Å². The molecule has 0 bridgehead atoms. The number of nitrogens with two attached hydrogens (primary N) is 1. The van der Waals surface area contributed by atoms with Crippen molar-refractivity contribution < 1.29 is 4.74 Å². The average Bonchev–Trinajstić information content (AvgIpc) is 2.51. The first-order chi connectivity index (χ1) is 11.2. The Morgan fingerprint density at radius 1 is 1.30 bits per heavy atom. The van der Waals surface area contributed by atoms with Crippen molar-refractivity contribution in [2.24, 2.45) is 0 Å². The molecule has 4 heterocycles. The zero-order valence-electron chi connectivity index (χ0n) is 12.1. The van der Waals surface area contributed by atoms with E-state index in [-0.39, 0.29) is 17.5 Å². The highest BCUT2D eigenvalue weighted by atomic mass is 16.5. The molecule has 23 heavy (non-hydrogen) atoms. The van der Waals surface area contributed by atoms with Gasteiger partial charge in [-0.05, 0) is 17.5 Å². The number of rotatable bonds is 3. The Bertz CT molecular complexity index is 917. The van der Waals surface area contributed by atoms with Gasteiger partial charge in [-0.25, -0.2) is 15.0 Å². The number of anilines is 2. The van der Waals surface area contributed by atoms with Crippen LogP contribution in [0, 0.1) is 0 Å². The first kappa shape index (κ1) is 13.6. The third-order valence-corrected chi connectivity index (χ3v) is 3.70. The predicted octanol–water partition coefficient (Wildman–Crippen LogP) is 0.773. The van der Waals surface area contributed by atoms with Gasteiger partial charge >= 0.3 is 0 Å². The molecule has 0 radical (unpaired) electrons. The molecule has 3 aromatic rings. The number of hydrogen-bond donors (Lipinski definition) is 3. The quantitative estimate of drug-likeness (QED) is 0.653. The number of pyridine rings is 2. The summed E-state index contributed by atoms with van der Waals surface area (Å²) in [5.74, 6) is 0.737. The van der Waals surface area contributed by atoms with Crippen LogP contribution in [0.1, 0.15) is 0 Å². The zero-order valence-corrected chi connectivity index (χ0v) is 12.1. The molecule has 0 amide bonds. The molecule has 0 spiro atoms. The Morgan fingerprint density at radius 2 is 2.09 bits per heavy atom. The molecule has 1 aliphatic heterocycles. The fourth-order valence-corrected chi connectivity index (χ4v) is 2.45. The molecule has 1 saturated heterocycles. The van der Waals surface area contributed by atoms with Crippen LogP contribution in [0.5, 0.6) is 0 Å². The minimum atomic E-state index is -0.183. The van der Waals surface area contributed by atoms with Crippen LogP contribution in [0.25, 0.3) is 22.0 Å². The summed E-state index contributed by atoms with van der Waals surface area (Å²) < 4.78 is 5.17. The van der Waals surface area contributed by atoms with Crippen LogP contribution in [-0.2, 0) is 4.74 Å². The lowest BCUT2D eigenvalue weighted by molar-refractivity contribution is 0.0210. The van der Waals surface area contributed by atoms with Crippen LogP contribution in [0.3, 0.4) is 0 Å². The lowest BCUT2D eigenvalue weighted by atomic mass is 10.1. The molecule has 1 aliphatic rings. The van der Waals surface area contributed by atoms with Crippen molar-refractivity contribution in [3.63, 3.8) is 0 Å². The Labute approximate surface area is 130 Å². The maximum Gasteiger partial charge on any atom is 0.259 e. The molecule has 8 nitrogen and oxygen atoms in total. The molecule has 116 valence electrons. The lowest BCUT2D eigenvalue weighted by Gasteiger charge is -2.27. The average molecular weight is 310 g/mol. The van der Waals surface area contributed by atoms with E-state index >= 15 is 0 Å². The first-order valence-corrected chi connectivity index (χ1v) is 7.15. The van der Waals surface area contributed by atoms with Gasteiger partial charge in [0.25, 0.3) is 5.56 Å². The number of nitrogen functional groups attached to an aromatic ring is 1. The van der Waals surface area contributed by atoms with Gasteiger partial charge in [0.05, 0.1) is 30.3 Å². The van der Waals surface area contributed by atoms with Crippen molar-refractivity contribution >= 4 is 22.5 Å². The second kappa shape index (κ2) is 5.33. The highest BCUT2D eigenvalue weighted by Gasteiger charge is 2.21. The SMILES string of the molecule is Nc1ncc(-c2cc3cc[nH]c(=O)c3c(NC3COC3)n2)cn1. The summed E-state index contributed by atoms with van der Waals surface area (Å²) in [5.41, 5.74) is 6.74. The fraction of sp³-hybridized carbons (Fsp3) is 0.200. The van der Waals surface area contributed by atoms with Crippen LogP contribution >= 0.6 is 0 Å². The highest BCUT2D eigenvalue weighted by Crippen LogP contribution is 2.26. The van der Waals surface area contributed by atoms with Gasteiger partial charge in [0.2, 0.25) is 5.95 Å². The molecule has 0 aliphatic carbocycles. The van der Waals surface area contributed by atoms with E-state index in [0.29, 0.717) is 30.1 Å². The maximum atomic E-state index is 12.2. The van der Waals surface area contributed by atoms with Crippen molar-refractivity contribution in [3.8, 4) is 11.3 Å². The van der Waals surface area contributed by atoms with E-state index in [9.17, 15) is 4.79 Å². The smallest absolute Gasteiger partial charge is 0.259 e. The third-order valence-electron chi connectivity index (χ3n) is 3.70. The molecule has 1 fully saturated rings. The summed E-state index contributed by atoms with van der Waals surface area (Å²) in [6.07, 6.45) is 4.84. The second-order valence-electron chi connectivity index (χ2n) is 5.34. The monoisotopic (exact) mass is 310 g/mol. The molecule has 3 aromatic heterocycles. The van der Waals surface area contributed by atoms with Crippen molar-refractivity contribution in [1.82, 2.24) is 19.9 Å². The van der Waals surface area contributed by atoms with Gasteiger partial charge in [-0.15, -0.1) is 0 Å². The number of aromatic amines is 1. The number of hydrogen-bond acceptors (Lipinski definition) is 7. The van der Waals surface area contributed by atoms with Crippen LogP contribution in [-0.4, -0.2) is 39.2 Å². The first-order valence-electron chi connectivity index (χ1n) is 7.15. The van der Waals surface area contributed by atoms with Crippen LogP contribution in [0.15, 0.2) is 35.5 Å². The maximum absolute atomic E-state index is 12.2. The van der Waals surface area contributed by atoms with E-state index in [4.69, 9.17) is 10.5 Å². The van der Waals surface area contributed by atoms with Gasteiger partial charge in [-0.2, -0.15) is 0 Å². The van der Waals surface area contributed by atoms with E-state index in [1.165, 1.54) is 0 Å². The van der Waals surface area contributed by atoms with Crippen LogP contribution in [0.2, 0.25) is 0 Å². The highest BCUT2D eigenvalue weighted by molar-refractivity contribution is 5.93. The largest absolute Gasteiger partial charge is 0.377 e. The molecular formula is C15H14N6O2. The lowest BCUT2D eigenvalue weighted by Crippen LogP contribution is -2.40. The molecule has 4 rings (SSSR count). The Morgan fingerprint density at radius 3 is 2.78 bits per heavy atom. The number of aromatic nitrogens is 4. The standard InChI is InChI=1S/C15H14N6O2/c16-15-18-4-9(5-19-15)11-3-8-1-2-17-14(22)12(8)13(21-11)20-10-6-23-7-10/h1-5,10H,6-7H2,(H,17,22)(H,20,21)(H2,16,18,19). The fourth-order valence-electron chi connectivity index (χ4n) is 2.45.